The highest BCUT2D eigenvalue weighted by atomic mass is 35.5. The van der Waals surface area contributed by atoms with E-state index in [9.17, 15) is 14.3 Å². The van der Waals surface area contributed by atoms with E-state index in [1.54, 1.807) is 19.1 Å². The predicted molar refractivity (Wildman–Crippen MR) is 157 cm³/mol. The summed E-state index contributed by atoms with van der Waals surface area (Å²) in [5, 5.41) is 9.66. The zero-order chi connectivity index (χ0) is 30.6. The molecular weight excluding hydrogens is 591 g/mol. The molecule has 2 aromatic heterocycles. The number of hydrogen-bond donors (Lipinski definition) is 1. The van der Waals surface area contributed by atoms with Crippen molar-refractivity contribution in [2.45, 2.75) is 64.0 Å². The summed E-state index contributed by atoms with van der Waals surface area (Å²) in [7, 11) is 0. The Bertz CT molecular complexity index is 1730. The van der Waals surface area contributed by atoms with E-state index in [1.165, 1.54) is 6.07 Å². The third kappa shape index (κ3) is 5.22. The van der Waals surface area contributed by atoms with E-state index in [4.69, 9.17) is 35.2 Å². The highest BCUT2D eigenvalue weighted by Gasteiger charge is 2.43. The summed E-state index contributed by atoms with van der Waals surface area (Å²) >= 11 is 5.97. The summed E-state index contributed by atoms with van der Waals surface area (Å²) in [5.41, 5.74) is 2.61. The lowest BCUT2D eigenvalue weighted by Crippen LogP contribution is -2.35. The molecule has 3 aliphatic rings. The molecule has 2 unspecified atom stereocenters. The molecule has 4 aromatic rings. The van der Waals surface area contributed by atoms with Crippen LogP contribution in [-0.2, 0) is 23.6 Å². The van der Waals surface area contributed by atoms with Crippen LogP contribution in [0.1, 0.15) is 65.2 Å². The molecule has 2 aromatic carbocycles. The number of aromatic carboxylic acids is 1. The number of likely N-dealkylation sites (tertiary alicyclic amines) is 1. The molecule has 2 atom stereocenters. The molecule has 7 rings (SSSR count). The lowest BCUT2D eigenvalue weighted by Gasteiger charge is -2.33. The van der Waals surface area contributed by atoms with Crippen molar-refractivity contribution >= 4 is 17.6 Å². The standard InChI is InChI=1S/C32H32ClFN4O6/c1-18-28(30-36-25(17-42-30)31(39)40)38(15-21-10-13-41-21)27(35-18)16-37-11-8-19(9-12-37)22-4-3-5-26-29(22)44-32(2,43-26)23-7-6-20(33)14-24(23)34/h3-7,14,17,19,21H,8-13,15-16H2,1-2H3,(H,39,40). The highest BCUT2D eigenvalue weighted by molar-refractivity contribution is 6.30. The van der Waals surface area contributed by atoms with Crippen LogP contribution >= 0.6 is 11.6 Å². The van der Waals surface area contributed by atoms with Crippen LogP contribution in [0.2, 0.25) is 5.02 Å². The predicted octanol–water partition coefficient (Wildman–Crippen LogP) is 6.15. The van der Waals surface area contributed by atoms with Gasteiger partial charge in [0.2, 0.25) is 5.89 Å². The summed E-state index contributed by atoms with van der Waals surface area (Å²) in [6.45, 7) is 7.21. The smallest absolute Gasteiger partial charge is 0.357 e. The number of aryl methyl sites for hydroxylation is 1. The number of para-hydroxylation sites is 1. The largest absolute Gasteiger partial charge is 0.476 e. The topological polar surface area (TPSA) is 112 Å². The number of nitrogens with zero attached hydrogens (tertiary/aromatic N) is 4. The Labute approximate surface area is 258 Å². The van der Waals surface area contributed by atoms with Gasteiger partial charge in [-0.3, -0.25) is 4.90 Å². The summed E-state index contributed by atoms with van der Waals surface area (Å²) in [6.07, 6.45) is 3.96. The Kier molecular flexibility index (Phi) is 7.34. The third-order valence-corrected chi connectivity index (χ3v) is 8.99. The molecule has 44 heavy (non-hydrogen) atoms. The first kappa shape index (κ1) is 28.8. The number of carbonyl (C=O) groups is 1. The molecule has 0 amide bonds. The number of benzene rings is 2. The van der Waals surface area contributed by atoms with E-state index in [-0.39, 0.29) is 23.6 Å². The Balaban J connectivity index is 1.08. The molecule has 0 saturated carbocycles. The minimum atomic E-state index is -1.29. The number of carboxylic acid groups (broad SMARTS) is 1. The number of fused-ring (bicyclic) bond motifs is 1. The van der Waals surface area contributed by atoms with Crippen LogP contribution in [0.5, 0.6) is 11.5 Å². The minimum absolute atomic E-state index is 0.0650. The molecule has 0 bridgehead atoms. The van der Waals surface area contributed by atoms with Gasteiger partial charge in [0, 0.05) is 24.1 Å². The van der Waals surface area contributed by atoms with E-state index >= 15 is 0 Å². The lowest BCUT2D eigenvalue weighted by atomic mass is 9.88. The number of hydrogen-bond acceptors (Lipinski definition) is 8. The van der Waals surface area contributed by atoms with Crippen LogP contribution in [0, 0.1) is 12.7 Å². The maximum atomic E-state index is 14.8. The molecule has 5 heterocycles. The zero-order valence-electron chi connectivity index (χ0n) is 24.4. The van der Waals surface area contributed by atoms with Crippen LogP contribution in [0.25, 0.3) is 11.6 Å². The third-order valence-electron chi connectivity index (χ3n) is 8.75. The van der Waals surface area contributed by atoms with Crippen molar-refractivity contribution in [1.29, 1.82) is 0 Å². The number of ether oxygens (including phenoxy) is 3. The van der Waals surface area contributed by atoms with E-state index < -0.39 is 17.6 Å². The van der Waals surface area contributed by atoms with Gasteiger partial charge in [0.1, 0.15) is 23.6 Å². The second-order valence-electron chi connectivity index (χ2n) is 11.7. The molecule has 3 aliphatic heterocycles. The molecule has 12 heteroatoms. The maximum Gasteiger partial charge on any atom is 0.357 e. The first-order valence-electron chi connectivity index (χ1n) is 14.7. The Morgan fingerprint density at radius 1 is 1.16 bits per heavy atom. The second-order valence-corrected chi connectivity index (χ2v) is 12.1. The number of aromatic nitrogens is 3. The molecule has 2 fully saturated rings. The fourth-order valence-corrected chi connectivity index (χ4v) is 6.53. The fourth-order valence-electron chi connectivity index (χ4n) is 6.37. The average molecular weight is 623 g/mol. The first-order valence-corrected chi connectivity index (χ1v) is 15.1. The van der Waals surface area contributed by atoms with E-state index in [2.05, 4.69) is 20.5 Å². The van der Waals surface area contributed by atoms with Crippen molar-refractivity contribution in [3.05, 3.63) is 81.8 Å². The van der Waals surface area contributed by atoms with E-state index in [1.807, 2.05) is 19.1 Å². The molecule has 1 N–H and O–H groups in total. The van der Waals surface area contributed by atoms with Gasteiger partial charge >= 0.3 is 5.97 Å². The van der Waals surface area contributed by atoms with Gasteiger partial charge < -0.3 is 28.3 Å². The number of carboxylic acids is 1. The van der Waals surface area contributed by atoms with Crippen molar-refractivity contribution in [2.75, 3.05) is 19.7 Å². The van der Waals surface area contributed by atoms with Crippen LogP contribution in [0.3, 0.4) is 0 Å². The molecule has 10 nitrogen and oxygen atoms in total. The Hall–Kier alpha value is -3.93. The molecule has 230 valence electrons. The average Bonchev–Trinajstić information content (AvgIpc) is 3.66. The van der Waals surface area contributed by atoms with Crippen LogP contribution in [0.15, 0.2) is 47.1 Å². The normalized spacial score (nSPS) is 21.9. The zero-order valence-corrected chi connectivity index (χ0v) is 25.1. The summed E-state index contributed by atoms with van der Waals surface area (Å²) in [6, 6.07) is 10.4. The van der Waals surface area contributed by atoms with Gasteiger partial charge in [-0.25, -0.2) is 19.2 Å². The van der Waals surface area contributed by atoms with Gasteiger partial charge in [0.15, 0.2) is 17.2 Å². The molecule has 2 saturated heterocycles. The number of halogens is 2. The number of oxazole rings is 1. The summed E-state index contributed by atoms with van der Waals surface area (Å²) < 4.78 is 40.7. The summed E-state index contributed by atoms with van der Waals surface area (Å²) in [4.78, 5) is 22.9. The summed E-state index contributed by atoms with van der Waals surface area (Å²) in [5.74, 6) is -0.316. The van der Waals surface area contributed by atoms with Gasteiger partial charge in [-0.1, -0.05) is 23.7 Å². The van der Waals surface area contributed by atoms with Gasteiger partial charge in [0.25, 0.3) is 5.79 Å². The minimum Gasteiger partial charge on any atom is -0.476 e. The molecule has 0 aliphatic carbocycles. The number of piperidine rings is 1. The first-order chi connectivity index (χ1) is 21.2. The van der Waals surface area contributed by atoms with Crippen molar-refractivity contribution in [1.82, 2.24) is 19.4 Å². The maximum absolute atomic E-state index is 14.8. The van der Waals surface area contributed by atoms with Gasteiger partial charge in [-0.15, -0.1) is 0 Å². The van der Waals surface area contributed by atoms with Gasteiger partial charge in [-0.2, -0.15) is 0 Å². The fraction of sp³-hybridized carbons (Fsp3) is 0.406. The van der Waals surface area contributed by atoms with Crippen LogP contribution < -0.4 is 9.47 Å². The van der Waals surface area contributed by atoms with Crippen molar-refractivity contribution in [3.8, 4) is 23.1 Å². The lowest BCUT2D eigenvalue weighted by molar-refractivity contribution is -0.0712. The van der Waals surface area contributed by atoms with Crippen molar-refractivity contribution in [2.24, 2.45) is 0 Å². The SMILES string of the molecule is Cc1nc(CN2CCC(c3cccc4c3OC(C)(c3ccc(Cl)cc3F)O4)CC2)n(CC2CCO2)c1-c1nc(C(=O)O)co1. The van der Waals surface area contributed by atoms with Crippen molar-refractivity contribution in [3.63, 3.8) is 0 Å². The Morgan fingerprint density at radius 3 is 2.64 bits per heavy atom. The number of imidazole rings is 1. The number of rotatable bonds is 8. The van der Waals surface area contributed by atoms with E-state index in [0.717, 1.165) is 62.3 Å². The monoisotopic (exact) mass is 622 g/mol. The Morgan fingerprint density at radius 2 is 1.95 bits per heavy atom. The second kappa shape index (κ2) is 11.2. The van der Waals surface area contributed by atoms with Crippen LogP contribution in [-0.4, -0.2) is 56.3 Å². The molecule has 0 spiro atoms. The van der Waals surface area contributed by atoms with Crippen molar-refractivity contribution < 1.29 is 32.9 Å². The molecular formula is C32H32ClFN4O6. The van der Waals surface area contributed by atoms with E-state index in [0.29, 0.717) is 40.9 Å². The van der Waals surface area contributed by atoms with Gasteiger partial charge in [0.05, 0.1) is 30.5 Å². The molecule has 0 radical (unpaired) electrons. The quantitative estimate of drug-likeness (QED) is 0.247. The highest BCUT2D eigenvalue weighted by Crippen LogP contribution is 2.50. The van der Waals surface area contributed by atoms with Crippen LogP contribution in [0.4, 0.5) is 4.39 Å². The van der Waals surface area contributed by atoms with Gasteiger partial charge in [-0.05, 0) is 69.5 Å².